The number of benzene rings is 3. The fourth-order valence-corrected chi connectivity index (χ4v) is 5.79. The summed E-state index contributed by atoms with van der Waals surface area (Å²) in [6, 6.07) is 16.9. The van der Waals surface area contributed by atoms with Gasteiger partial charge in [-0.1, -0.05) is 84.0 Å². The monoisotopic (exact) mass is 495 g/mol. The minimum absolute atomic E-state index is 0.00261. The first kappa shape index (κ1) is 25.4. The molecule has 3 aromatic carbocycles. The summed E-state index contributed by atoms with van der Waals surface area (Å²) in [6.07, 6.45) is -0.756. The highest BCUT2D eigenvalue weighted by atomic mass is 32.2. The third kappa shape index (κ3) is 4.37. The largest absolute Gasteiger partial charge is 0.367 e. The van der Waals surface area contributed by atoms with E-state index in [4.69, 9.17) is 4.28 Å². The molecule has 0 aromatic heterocycles. The molecule has 1 heterocycles. The molecule has 1 aliphatic rings. The van der Waals surface area contributed by atoms with E-state index in [-0.39, 0.29) is 21.3 Å². The van der Waals surface area contributed by atoms with Gasteiger partial charge in [-0.3, -0.25) is 4.79 Å². The van der Waals surface area contributed by atoms with Crippen molar-refractivity contribution in [1.82, 2.24) is 5.06 Å². The number of hydroxylamine groups is 2. The molecular weight excluding hydrogens is 462 g/mol. The molecule has 7 heteroatoms. The maximum absolute atomic E-state index is 13.1. The van der Waals surface area contributed by atoms with Crippen LogP contribution in [0.5, 0.6) is 0 Å². The maximum atomic E-state index is 13.1. The molecule has 35 heavy (non-hydrogen) atoms. The summed E-state index contributed by atoms with van der Waals surface area (Å²) in [6.45, 7) is 13.3. The van der Waals surface area contributed by atoms with Crippen LogP contribution < -0.4 is 0 Å². The van der Waals surface area contributed by atoms with Crippen LogP contribution in [0, 0.1) is 16.7 Å². The molecule has 0 saturated carbocycles. The number of amides is 1. The van der Waals surface area contributed by atoms with Gasteiger partial charge in [0.25, 0.3) is 5.91 Å². The van der Waals surface area contributed by atoms with Gasteiger partial charge in [-0.25, -0.2) is 0 Å². The number of hydrogen-bond donors (Lipinski definition) is 1. The molecule has 3 aromatic rings. The summed E-state index contributed by atoms with van der Waals surface area (Å²) >= 11 is 0. The van der Waals surface area contributed by atoms with Crippen LogP contribution >= 0.6 is 0 Å². The molecule has 0 aliphatic carbocycles. The Morgan fingerprint density at radius 1 is 0.971 bits per heavy atom. The normalized spacial score (nSPS) is 18.2. The zero-order valence-electron chi connectivity index (χ0n) is 21.1. The van der Waals surface area contributed by atoms with Gasteiger partial charge in [0, 0.05) is 10.9 Å². The first-order chi connectivity index (χ1) is 16.3. The van der Waals surface area contributed by atoms with Gasteiger partial charge in [0.1, 0.15) is 0 Å². The molecule has 2 atom stereocenters. The van der Waals surface area contributed by atoms with Gasteiger partial charge in [0.15, 0.2) is 6.23 Å². The molecule has 6 nitrogen and oxygen atoms in total. The quantitative estimate of drug-likeness (QED) is 0.463. The Kier molecular flexibility index (Phi) is 6.32. The van der Waals surface area contributed by atoms with Crippen LogP contribution in [0.1, 0.15) is 69.3 Å². The van der Waals surface area contributed by atoms with Crippen molar-refractivity contribution < 1.29 is 22.6 Å². The summed E-state index contributed by atoms with van der Waals surface area (Å²) in [5.41, 5.74) is 1.77. The maximum Gasteiger partial charge on any atom is 0.317 e. The highest BCUT2D eigenvalue weighted by molar-refractivity contribution is 7.86. The van der Waals surface area contributed by atoms with Crippen molar-refractivity contribution in [2.45, 2.75) is 59.1 Å². The molecule has 1 amide bonds. The standard InChI is InChI=1S/C28H33NO5S/c1-18(2)28(6,27(3,4)5)17-19-13-15-21(16-14-19)35(32,33)34-29-25(30)22-11-7-9-20-10-8-12-23(24(20)22)26(29)31/h7-16,18,25,30H,17H2,1-6H3. The fraction of sp³-hybridized carbons (Fsp3) is 0.393. The number of aliphatic hydroxyl groups excluding tert-OH is 1. The highest BCUT2D eigenvalue weighted by Gasteiger charge is 2.40. The lowest BCUT2D eigenvalue weighted by atomic mass is 9.59. The van der Waals surface area contributed by atoms with Gasteiger partial charge in [0.05, 0.1) is 10.5 Å². The van der Waals surface area contributed by atoms with E-state index in [0.717, 1.165) is 17.4 Å². The van der Waals surface area contributed by atoms with Crippen LogP contribution in [-0.4, -0.2) is 24.5 Å². The molecule has 2 unspecified atom stereocenters. The summed E-state index contributed by atoms with van der Waals surface area (Å²) < 4.78 is 31.4. The van der Waals surface area contributed by atoms with Gasteiger partial charge in [0.2, 0.25) is 0 Å². The summed E-state index contributed by atoms with van der Waals surface area (Å²) in [4.78, 5) is 13.0. The zero-order valence-corrected chi connectivity index (χ0v) is 21.9. The van der Waals surface area contributed by atoms with Gasteiger partial charge in [-0.05, 0) is 52.3 Å². The number of nitrogens with zero attached hydrogens (tertiary/aromatic N) is 1. The minimum atomic E-state index is -4.36. The van der Waals surface area contributed by atoms with Crippen molar-refractivity contribution in [3.63, 3.8) is 0 Å². The lowest BCUT2D eigenvalue weighted by Gasteiger charge is -2.46. The van der Waals surface area contributed by atoms with Crippen molar-refractivity contribution in [3.05, 3.63) is 77.4 Å². The Hall–Kier alpha value is -2.74. The second-order valence-corrected chi connectivity index (χ2v) is 12.5. The topological polar surface area (TPSA) is 83.9 Å². The van der Waals surface area contributed by atoms with E-state index in [1.807, 2.05) is 12.1 Å². The molecule has 0 spiro atoms. The molecule has 1 N–H and O–H groups in total. The second kappa shape index (κ2) is 8.73. The van der Waals surface area contributed by atoms with Crippen molar-refractivity contribution in [2.24, 2.45) is 16.7 Å². The van der Waals surface area contributed by atoms with Crippen LogP contribution in [0.15, 0.2) is 65.6 Å². The molecule has 186 valence electrons. The lowest BCUT2D eigenvalue weighted by molar-refractivity contribution is -0.135. The third-order valence-electron chi connectivity index (χ3n) is 7.82. The highest BCUT2D eigenvalue weighted by Crippen LogP contribution is 2.47. The minimum Gasteiger partial charge on any atom is -0.367 e. The number of carbonyl (C=O) groups excluding carboxylic acids is 1. The predicted octanol–water partition coefficient (Wildman–Crippen LogP) is 5.86. The van der Waals surface area contributed by atoms with Crippen LogP contribution in [0.2, 0.25) is 0 Å². The smallest absolute Gasteiger partial charge is 0.317 e. The van der Waals surface area contributed by atoms with E-state index in [0.29, 0.717) is 21.9 Å². The Morgan fingerprint density at radius 2 is 1.57 bits per heavy atom. The predicted molar refractivity (Wildman–Crippen MR) is 136 cm³/mol. The lowest BCUT2D eigenvalue weighted by Crippen LogP contribution is -2.40. The Balaban J connectivity index is 1.60. The molecular formula is C28H33NO5S. The van der Waals surface area contributed by atoms with Gasteiger partial charge in [-0.15, -0.1) is 4.28 Å². The average molecular weight is 496 g/mol. The van der Waals surface area contributed by atoms with E-state index in [1.54, 1.807) is 36.4 Å². The molecule has 0 saturated heterocycles. The van der Waals surface area contributed by atoms with Crippen LogP contribution in [0.3, 0.4) is 0 Å². The Labute approximate surface area is 207 Å². The van der Waals surface area contributed by atoms with Crippen LogP contribution in [0.25, 0.3) is 10.8 Å². The van der Waals surface area contributed by atoms with E-state index in [2.05, 4.69) is 41.5 Å². The first-order valence-electron chi connectivity index (χ1n) is 11.8. The van der Waals surface area contributed by atoms with Crippen molar-refractivity contribution >= 4 is 26.8 Å². The molecule has 0 bridgehead atoms. The van der Waals surface area contributed by atoms with E-state index in [1.165, 1.54) is 12.1 Å². The Morgan fingerprint density at radius 3 is 2.14 bits per heavy atom. The van der Waals surface area contributed by atoms with E-state index >= 15 is 0 Å². The third-order valence-corrected chi connectivity index (χ3v) is 9.02. The van der Waals surface area contributed by atoms with Crippen molar-refractivity contribution in [2.75, 3.05) is 0 Å². The molecule has 1 aliphatic heterocycles. The Bertz CT molecular complexity index is 1370. The molecule has 0 radical (unpaired) electrons. The molecule has 0 fully saturated rings. The van der Waals surface area contributed by atoms with Crippen molar-refractivity contribution in [3.8, 4) is 0 Å². The van der Waals surface area contributed by atoms with Crippen LogP contribution in [0.4, 0.5) is 0 Å². The zero-order chi connectivity index (χ0) is 25.8. The summed E-state index contributed by atoms with van der Waals surface area (Å²) in [7, 11) is -4.36. The van der Waals surface area contributed by atoms with Gasteiger partial charge < -0.3 is 5.11 Å². The van der Waals surface area contributed by atoms with E-state index < -0.39 is 22.3 Å². The number of aliphatic hydroxyl groups is 1. The first-order valence-corrected chi connectivity index (χ1v) is 13.2. The number of rotatable bonds is 6. The van der Waals surface area contributed by atoms with Gasteiger partial charge in [-0.2, -0.15) is 13.5 Å². The fourth-order valence-electron chi connectivity index (χ4n) is 4.88. The average Bonchev–Trinajstić information content (AvgIpc) is 2.79. The SMILES string of the molecule is CC(C)C(C)(Cc1ccc(S(=O)(=O)ON2C(=O)c3cccc4cccc(c34)C2O)cc1)C(C)(C)C. The summed E-state index contributed by atoms with van der Waals surface area (Å²) in [5, 5.41) is 12.7. The van der Waals surface area contributed by atoms with Crippen LogP contribution in [-0.2, 0) is 20.8 Å². The molecule has 4 rings (SSSR count). The van der Waals surface area contributed by atoms with Crippen molar-refractivity contribution in [1.29, 1.82) is 0 Å². The number of hydrogen-bond acceptors (Lipinski definition) is 5. The second-order valence-electron chi connectivity index (χ2n) is 10.9. The summed E-state index contributed by atoms with van der Waals surface area (Å²) in [5.74, 6) is -0.284. The van der Waals surface area contributed by atoms with E-state index in [9.17, 15) is 18.3 Å². The van der Waals surface area contributed by atoms with Gasteiger partial charge >= 0.3 is 10.1 Å². The number of carbonyl (C=O) groups is 1.